The highest BCUT2D eigenvalue weighted by atomic mass is 16.6. The van der Waals surface area contributed by atoms with E-state index in [-0.39, 0.29) is 35.3 Å². The van der Waals surface area contributed by atoms with Crippen LogP contribution in [0.1, 0.15) is 60.3 Å². The van der Waals surface area contributed by atoms with Gasteiger partial charge >= 0.3 is 11.9 Å². The molecule has 2 aliphatic carbocycles. The molecule has 2 saturated carbocycles. The summed E-state index contributed by atoms with van der Waals surface area (Å²) in [4.78, 5) is 24.2. The Bertz CT molecular complexity index is 676. The molecule has 0 unspecified atom stereocenters. The predicted molar refractivity (Wildman–Crippen MR) is 97.1 cm³/mol. The van der Waals surface area contributed by atoms with Crippen molar-refractivity contribution >= 4 is 11.9 Å². The lowest BCUT2D eigenvalue weighted by atomic mass is 9.53. The van der Waals surface area contributed by atoms with Crippen LogP contribution in [0.3, 0.4) is 0 Å². The molecule has 0 amide bonds. The van der Waals surface area contributed by atoms with E-state index in [1.165, 1.54) is 6.08 Å². The molecule has 0 bridgehead atoms. The van der Waals surface area contributed by atoms with Crippen LogP contribution in [0.15, 0.2) is 22.8 Å². The van der Waals surface area contributed by atoms with Crippen LogP contribution in [0.4, 0.5) is 0 Å². The average molecular weight is 362 g/mol. The monoisotopic (exact) mass is 362 g/mol. The second kappa shape index (κ2) is 6.84. The zero-order chi connectivity index (χ0) is 19.2. The van der Waals surface area contributed by atoms with E-state index < -0.39 is 12.2 Å². The number of ether oxygens (including phenoxy) is 2. The molecule has 5 heteroatoms. The number of fused-ring (bicyclic) bond motifs is 2. The van der Waals surface area contributed by atoms with E-state index in [0.717, 1.165) is 36.0 Å². The van der Waals surface area contributed by atoms with Crippen LogP contribution >= 0.6 is 0 Å². The first kappa shape index (κ1) is 19.2. The molecule has 1 aliphatic heterocycles. The molecule has 5 nitrogen and oxygen atoms in total. The maximum absolute atomic E-state index is 12.2. The van der Waals surface area contributed by atoms with Gasteiger partial charge in [0.15, 0.2) is 0 Å². The van der Waals surface area contributed by atoms with Crippen LogP contribution in [0.2, 0.25) is 0 Å². The molecule has 6 atom stereocenters. The van der Waals surface area contributed by atoms with E-state index >= 15 is 0 Å². The fourth-order valence-electron chi connectivity index (χ4n) is 4.86. The van der Waals surface area contributed by atoms with Crippen molar-refractivity contribution in [3.05, 3.63) is 22.8 Å². The van der Waals surface area contributed by atoms with Crippen molar-refractivity contribution in [3.8, 4) is 0 Å². The van der Waals surface area contributed by atoms with Gasteiger partial charge < -0.3 is 14.6 Å². The molecule has 1 N–H and O–H groups in total. The Morgan fingerprint density at radius 3 is 2.77 bits per heavy atom. The largest absolute Gasteiger partial charge is 0.456 e. The van der Waals surface area contributed by atoms with Crippen molar-refractivity contribution in [2.75, 3.05) is 0 Å². The number of carbonyl (C=O) groups excluding carboxylic acids is 2. The molecule has 0 aromatic rings. The van der Waals surface area contributed by atoms with Gasteiger partial charge in [-0.3, -0.25) is 0 Å². The Morgan fingerprint density at radius 1 is 1.42 bits per heavy atom. The second-order valence-corrected chi connectivity index (χ2v) is 8.50. The van der Waals surface area contributed by atoms with E-state index in [1.54, 1.807) is 0 Å². The molecule has 2 fully saturated rings. The molecule has 3 aliphatic rings. The molecular formula is C21H30O5. The normalized spacial score (nSPS) is 40.0. The number of aliphatic hydroxyl groups excluding tert-OH is 1. The van der Waals surface area contributed by atoms with E-state index in [9.17, 15) is 14.7 Å². The summed E-state index contributed by atoms with van der Waals surface area (Å²) in [5.41, 5.74) is 2.64. The molecule has 1 heterocycles. The molecule has 26 heavy (non-hydrogen) atoms. The fourth-order valence-corrected chi connectivity index (χ4v) is 4.86. The first-order chi connectivity index (χ1) is 12.2. The Balaban J connectivity index is 1.83. The maximum atomic E-state index is 12.2. The van der Waals surface area contributed by atoms with E-state index in [4.69, 9.17) is 9.47 Å². The molecule has 0 radical (unpaired) electrons. The summed E-state index contributed by atoms with van der Waals surface area (Å²) >= 11 is 0. The third-order valence-electron chi connectivity index (χ3n) is 7.04. The van der Waals surface area contributed by atoms with Crippen LogP contribution in [0.5, 0.6) is 0 Å². The van der Waals surface area contributed by atoms with Crippen LogP contribution in [-0.4, -0.2) is 35.4 Å². The number of esters is 2. The Hall–Kier alpha value is -1.62. The van der Waals surface area contributed by atoms with Crippen molar-refractivity contribution in [2.24, 2.45) is 17.3 Å². The lowest BCUT2D eigenvalue weighted by Gasteiger charge is -2.54. The van der Waals surface area contributed by atoms with Crippen LogP contribution in [-0.2, 0) is 19.1 Å². The van der Waals surface area contributed by atoms with E-state index in [1.807, 2.05) is 20.8 Å². The summed E-state index contributed by atoms with van der Waals surface area (Å²) < 4.78 is 11.2. The molecule has 3 rings (SSSR count). The Kier molecular flexibility index (Phi) is 5.04. The standard InChI is InChI=1S/C21H30O5/c1-6-11(2)7-18(23)26-19-13(4)21(5)10-15-12(3)20(24)25-17(15)9-14(21)8-16(19)22/h7,13-14,16-17,19,22H,6,8-10H2,1-5H3/b11-7+/t13-,14+,16-,17-,19+,21+/m0/s1. The summed E-state index contributed by atoms with van der Waals surface area (Å²) in [6.45, 7) is 9.97. The summed E-state index contributed by atoms with van der Waals surface area (Å²) in [6.07, 6.45) is 3.01. The minimum atomic E-state index is -0.689. The first-order valence-electron chi connectivity index (χ1n) is 9.63. The van der Waals surface area contributed by atoms with Crippen molar-refractivity contribution in [1.29, 1.82) is 0 Å². The van der Waals surface area contributed by atoms with Gasteiger partial charge in [-0.2, -0.15) is 0 Å². The van der Waals surface area contributed by atoms with Gasteiger partial charge in [-0.1, -0.05) is 26.3 Å². The first-order valence-corrected chi connectivity index (χ1v) is 9.63. The van der Waals surface area contributed by atoms with Gasteiger partial charge in [0.1, 0.15) is 12.2 Å². The summed E-state index contributed by atoms with van der Waals surface area (Å²) in [5.74, 6) is -0.371. The third kappa shape index (κ3) is 3.11. The fraction of sp³-hybridized carbons (Fsp3) is 0.714. The van der Waals surface area contributed by atoms with Gasteiger partial charge in [-0.25, -0.2) is 9.59 Å². The molecule has 0 spiro atoms. The topological polar surface area (TPSA) is 72.8 Å². The van der Waals surface area contributed by atoms with Crippen LogP contribution in [0, 0.1) is 17.3 Å². The number of rotatable bonds is 3. The smallest absolute Gasteiger partial charge is 0.334 e. The van der Waals surface area contributed by atoms with Gasteiger partial charge in [0.2, 0.25) is 0 Å². The predicted octanol–water partition coefficient (Wildman–Crippen LogP) is 3.31. The second-order valence-electron chi connectivity index (χ2n) is 8.50. The number of hydrogen-bond acceptors (Lipinski definition) is 5. The van der Waals surface area contributed by atoms with E-state index in [2.05, 4.69) is 13.8 Å². The lowest BCUT2D eigenvalue weighted by Crippen LogP contribution is -2.55. The van der Waals surface area contributed by atoms with Gasteiger partial charge in [0.05, 0.1) is 6.10 Å². The van der Waals surface area contributed by atoms with Gasteiger partial charge in [0.25, 0.3) is 0 Å². The maximum Gasteiger partial charge on any atom is 0.334 e. The van der Waals surface area contributed by atoms with Gasteiger partial charge in [-0.15, -0.1) is 0 Å². The number of aliphatic hydroxyl groups is 1. The zero-order valence-corrected chi connectivity index (χ0v) is 16.4. The third-order valence-corrected chi connectivity index (χ3v) is 7.04. The molecular weight excluding hydrogens is 332 g/mol. The number of carbonyl (C=O) groups is 2. The highest BCUT2D eigenvalue weighted by Gasteiger charge is 2.56. The van der Waals surface area contributed by atoms with Gasteiger partial charge in [-0.05, 0) is 56.4 Å². The molecule has 0 saturated heterocycles. The summed E-state index contributed by atoms with van der Waals surface area (Å²) in [6, 6.07) is 0. The highest BCUT2D eigenvalue weighted by molar-refractivity contribution is 5.91. The van der Waals surface area contributed by atoms with E-state index in [0.29, 0.717) is 6.42 Å². The molecule has 0 aromatic heterocycles. The minimum absolute atomic E-state index is 0.00696. The van der Waals surface area contributed by atoms with Gasteiger partial charge in [0, 0.05) is 17.6 Å². The SMILES string of the molecule is CC/C(C)=C/C(=O)O[C@H]1[C@@H](O)C[C@@H]2C[C@@H]3OC(=O)C(C)=C3C[C@]2(C)[C@H]1C. The lowest BCUT2D eigenvalue weighted by molar-refractivity contribution is -0.178. The molecule has 0 aromatic carbocycles. The Morgan fingerprint density at radius 2 is 2.12 bits per heavy atom. The highest BCUT2D eigenvalue weighted by Crippen LogP contribution is 2.57. The quantitative estimate of drug-likeness (QED) is 0.616. The zero-order valence-electron chi connectivity index (χ0n) is 16.4. The Labute approximate surface area is 155 Å². The van der Waals surface area contributed by atoms with Crippen LogP contribution < -0.4 is 0 Å². The van der Waals surface area contributed by atoms with Crippen molar-refractivity contribution in [2.45, 2.75) is 78.6 Å². The molecule has 144 valence electrons. The van der Waals surface area contributed by atoms with Crippen molar-refractivity contribution < 1.29 is 24.2 Å². The number of hydrogen-bond donors (Lipinski definition) is 1. The van der Waals surface area contributed by atoms with Crippen molar-refractivity contribution in [1.82, 2.24) is 0 Å². The number of allylic oxidation sites excluding steroid dienone is 1. The average Bonchev–Trinajstić information content (AvgIpc) is 2.85. The summed E-state index contributed by atoms with van der Waals surface area (Å²) in [5, 5.41) is 10.7. The minimum Gasteiger partial charge on any atom is -0.456 e. The van der Waals surface area contributed by atoms with Crippen molar-refractivity contribution in [3.63, 3.8) is 0 Å². The van der Waals surface area contributed by atoms with Crippen LogP contribution in [0.25, 0.3) is 0 Å². The summed E-state index contributed by atoms with van der Waals surface area (Å²) in [7, 11) is 0.